The standard InChI is InChI=1S/C21H26N3/c1-5-15-23-20(18-11-7-16(3)8-12-18)22-24(6-2)21(23)19-13-9-17(4)10-14-19/h7-14H,5-6,15H2,1-4H3/q+1. The Kier molecular flexibility index (Phi) is 4.79. The molecule has 3 nitrogen and oxygen atoms in total. The van der Waals surface area contributed by atoms with E-state index in [1.807, 2.05) is 0 Å². The van der Waals surface area contributed by atoms with Gasteiger partial charge in [0, 0.05) is 5.10 Å². The summed E-state index contributed by atoms with van der Waals surface area (Å²) in [7, 11) is 0. The van der Waals surface area contributed by atoms with Crippen LogP contribution in [-0.4, -0.2) is 9.78 Å². The fourth-order valence-corrected chi connectivity index (χ4v) is 3.03. The summed E-state index contributed by atoms with van der Waals surface area (Å²) >= 11 is 0. The van der Waals surface area contributed by atoms with Gasteiger partial charge in [0.05, 0.1) is 17.7 Å². The molecule has 3 heteroatoms. The molecule has 0 unspecified atom stereocenters. The van der Waals surface area contributed by atoms with Crippen LogP contribution < -0.4 is 4.57 Å². The number of rotatable bonds is 5. The van der Waals surface area contributed by atoms with Crippen LogP contribution in [0, 0.1) is 13.8 Å². The molecular weight excluding hydrogens is 294 g/mol. The van der Waals surface area contributed by atoms with Gasteiger partial charge in [0.25, 0.3) is 5.82 Å². The Hall–Kier alpha value is -2.42. The first-order valence-electron chi connectivity index (χ1n) is 8.78. The highest BCUT2D eigenvalue weighted by molar-refractivity contribution is 5.57. The molecule has 0 saturated heterocycles. The zero-order valence-corrected chi connectivity index (χ0v) is 15.1. The van der Waals surface area contributed by atoms with Crippen LogP contribution in [0.5, 0.6) is 0 Å². The van der Waals surface area contributed by atoms with Crippen molar-refractivity contribution in [2.75, 3.05) is 0 Å². The monoisotopic (exact) mass is 320 g/mol. The maximum absolute atomic E-state index is 4.93. The van der Waals surface area contributed by atoms with Gasteiger partial charge in [-0.1, -0.05) is 42.3 Å². The number of nitrogens with zero attached hydrogens (tertiary/aromatic N) is 3. The van der Waals surface area contributed by atoms with Crippen molar-refractivity contribution in [1.82, 2.24) is 9.78 Å². The minimum Gasteiger partial charge on any atom is -0.223 e. The average Bonchev–Trinajstić information content (AvgIpc) is 2.95. The van der Waals surface area contributed by atoms with Crippen LogP contribution >= 0.6 is 0 Å². The lowest BCUT2D eigenvalue weighted by molar-refractivity contribution is -0.676. The van der Waals surface area contributed by atoms with Crippen LogP contribution in [0.3, 0.4) is 0 Å². The normalized spacial score (nSPS) is 11.0. The van der Waals surface area contributed by atoms with Crippen molar-refractivity contribution in [3.63, 3.8) is 0 Å². The first kappa shape index (κ1) is 16.4. The minimum atomic E-state index is 0.860. The quantitative estimate of drug-likeness (QED) is 0.632. The number of hydrogen-bond donors (Lipinski definition) is 0. The summed E-state index contributed by atoms with van der Waals surface area (Å²) in [6, 6.07) is 17.4. The summed E-state index contributed by atoms with van der Waals surface area (Å²) in [5.74, 6) is 2.24. The summed E-state index contributed by atoms with van der Waals surface area (Å²) in [5.41, 5.74) is 4.95. The van der Waals surface area contributed by atoms with Gasteiger partial charge in [-0.25, -0.2) is 4.57 Å². The third-order valence-electron chi connectivity index (χ3n) is 4.34. The Balaban J connectivity index is 2.20. The molecule has 0 amide bonds. The Labute approximate surface area is 144 Å². The molecule has 3 rings (SSSR count). The van der Waals surface area contributed by atoms with Gasteiger partial charge in [-0.15, -0.1) is 4.68 Å². The van der Waals surface area contributed by atoms with E-state index in [9.17, 15) is 0 Å². The summed E-state index contributed by atoms with van der Waals surface area (Å²) in [6.07, 6.45) is 1.08. The van der Waals surface area contributed by atoms with Crippen molar-refractivity contribution >= 4 is 0 Å². The smallest absolute Gasteiger partial charge is 0.223 e. The largest absolute Gasteiger partial charge is 0.309 e. The molecule has 0 spiro atoms. The highest BCUT2D eigenvalue weighted by Gasteiger charge is 2.26. The Morgan fingerprint density at radius 1 is 0.833 bits per heavy atom. The molecule has 2 aromatic carbocycles. The van der Waals surface area contributed by atoms with Gasteiger partial charge < -0.3 is 0 Å². The van der Waals surface area contributed by atoms with Crippen molar-refractivity contribution < 1.29 is 4.57 Å². The third-order valence-corrected chi connectivity index (χ3v) is 4.34. The third kappa shape index (κ3) is 3.12. The van der Waals surface area contributed by atoms with Gasteiger partial charge in [-0.05, 0) is 51.5 Å². The van der Waals surface area contributed by atoms with Crippen molar-refractivity contribution in [1.29, 1.82) is 0 Å². The summed E-state index contributed by atoms with van der Waals surface area (Å²) in [4.78, 5) is 0. The molecule has 0 aliphatic carbocycles. The lowest BCUT2D eigenvalue weighted by Crippen LogP contribution is -2.37. The van der Waals surface area contributed by atoms with E-state index < -0.39 is 0 Å². The van der Waals surface area contributed by atoms with Crippen LogP contribution in [0.25, 0.3) is 22.8 Å². The van der Waals surface area contributed by atoms with Crippen molar-refractivity contribution in [2.45, 2.75) is 47.2 Å². The highest BCUT2D eigenvalue weighted by atomic mass is 15.4. The van der Waals surface area contributed by atoms with Crippen LogP contribution in [0.1, 0.15) is 31.4 Å². The second kappa shape index (κ2) is 7.00. The molecule has 24 heavy (non-hydrogen) atoms. The predicted molar refractivity (Wildman–Crippen MR) is 98.7 cm³/mol. The van der Waals surface area contributed by atoms with E-state index in [1.54, 1.807) is 0 Å². The van der Waals surface area contributed by atoms with Gasteiger partial charge in [0.1, 0.15) is 6.54 Å². The van der Waals surface area contributed by atoms with Gasteiger partial charge in [0.15, 0.2) is 0 Å². The SMILES string of the molecule is CCC[n+]1c(-c2ccc(C)cc2)nn(CC)c1-c1ccc(C)cc1. The Morgan fingerprint density at radius 2 is 1.38 bits per heavy atom. The molecule has 0 aliphatic heterocycles. The van der Waals surface area contributed by atoms with Crippen LogP contribution in [0.4, 0.5) is 0 Å². The topological polar surface area (TPSA) is 21.7 Å². The second-order valence-corrected chi connectivity index (χ2v) is 6.35. The van der Waals surface area contributed by atoms with Crippen LogP contribution in [0.15, 0.2) is 48.5 Å². The van der Waals surface area contributed by atoms with E-state index in [0.29, 0.717) is 0 Å². The van der Waals surface area contributed by atoms with Gasteiger partial charge >= 0.3 is 5.82 Å². The van der Waals surface area contributed by atoms with Crippen molar-refractivity contribution in [3.8, 4) is 22.8 Å². The molecule has 1 aromatic heterocycles. The Bertz CT molecular complexity index is 812. The number of aryl methyl sites for hydroxylation is 3. The zero-order chi connectivity index (χ0) is 17.1. The van der Waals surface area contributed by atoms with E-state index in [2.05, 4.69) is 85.5 Å². The Morgan fingerprint density at radius 3 is 1.88 bits per heavy atom. The molecule has 1 heterocycles. The van der Waals surface area contributed by atoms with E-state index in [-0.39, 0.29) is 0 Å². The lowest BCUT2D eigenvalue weighted by Gasteiger charge is -2.05. The molecule has 0 fully saturated rings. The van der Waals surface area contributed by atoms with Gasteiger partial charge in [0.2, 0.25) is 0 Å². The molecule has 0 N–H and O–H groups in total. The molecule has 0 atom stereocenters. The molecular formula is C21H26N3+. The van der Waals surface area contributed by atoms with Gasteiger partial charge in [-0.2, -0.15) is 0 Å². The van der Waals surface area contributed by atoms with Crippen molar-refractivity contribution in [2.24, 2.45) is 0 Å². The van der Waals surface area contributed by atoms with E-state index >= 15 is 0 Å². The fraction of sp³-hybridized carbons (Fsp3) is 0.333. The van der Waals surface area contributed by atoms with Gasteiger partial charge in [-0.3, -0.25) is 0 Å². The second-order valence-electron chi connectivity index (χ2n) is 6.35. The maximum atomic E-state index is 4.93. The van der Waals surface area contributed by atoms with Crippen LogP contribution in [0.2, 0.25) is 0 Å². The molecule has 0 saturated carbocycles. The fourth-order valence-electron chi connectivity index (χ4n) is 3.03. The average molecular weight is 320 g/mol. The number of benzene rings is 2. The molecule has 3 aromatic rings. The number of aromatic nitrogens is 3. The lowest BCUT2D eigenvalue weighted by atomic mass is 10.1. The zero-order valence-electron chi connectivity index (χ0n) is 15.1. The molecule has 124 valence electrons. The van der Waals surface area contributed by atoms with E-state index in [0.717, 1.165) is 25.3 Å². The maximum Gasteiger partial charge on any atom is 0.309 e. The number of hydrogen-bond acceptors (Lipinski definition) is 1. The van der Waals surface area contributed by atoms with E-state index in [1.165, 1.54) is 28.1 Å². The summed E-state index contributed by atoms with van der Waals surface area (Å²) in [6.45, 7) is 10.4. The van der Waals surface area contributed by atoms with Crippen LogP contribution in [-0.2, 0) is 13.1 Å². The predicted octanol–water partition coefficient (Wildman–Crippen LogP) is 4.55. The van der Waals surface area contributed by atoms with E-state index in [4.69, 9.17) is 5.10 Å². The molecule has 0 bridgehead atoms. The first-order chi connectivity index (χ1) is 11.6. The summed E-state index contributed by atoms with van der Waals surface area (Å²) < 4.78 is 4.48. The molecule has 0 radical (unpaired) electrons. The summed E-state index contributed by atoms with van der Waals surface area (Å²) in [5, 5.41) is 4.93. The first-order valence-corrected chi connectivity index (χ1v) is 8.78. The molecule has 0 aliphatic rings. The highest BCUT2D eigenvalue weighted by Crippen LogP contribution is 2.22. The minimum absolute atomic E-state index is 0.860. The van der Waals surface area contributed by atoms with Crippen molar-refractivity contribution in [3.05, 3.63) is 59.7 Å².